The van der Waals surface area contributed by atoms with E-state index in [1.54, 1.807) is 6.19 Å². The first-order valence-corrected chi connectivity index (χ1v) is 6.98. The number of pyridine rings is 1. The monoisotopic (exact) mass is 338 g/mol. The summed E-state index contributed by atoms with van der Waals surface area (Å²) in [6.07, 6.45) is 4.40. The van der Waals surface area contributed by atoms with Crippen molar-refractivity contribution in [2.75, 3.05) is 5.32 Å². The van der Waals surface area contributed by atoms with Gasteiger partial charge in [-0.1, -0.05) is 0 Å². The first kappa shape index (κ1) is 15.9. The molecule has 0 bridgehead atoms. The summed E-state index contributed by atoms with van der Waals surface area (Å²) >= 11 is 0. The summed E-state index contributed by atoms with van der Waals surface area (Å²) in [7, 11) is 0. The topological polar surface area (TPSA) is 147 Å². The molecule has 0 amide bonds. The van der Waals surface area contributed by atoms with Crippen molar-refractivity contribution in [1.29, 1.82) is 5.26 Å². The number of nitrogens with zero attached hydrogens (tertiary/aromatic N) is 4. The zero-order valence-electron chi connectivity index (χ0n) is 12.8. The molecule has 0 aliphatic heterocycles. The highest BCUT2D eigenvalue weighted by Gasteiger charge is 2.23. The SMILES string of the molecule is Cc1c([N+](=O)[O-])c(-n2ccc(=O)cc2)cc2nc(NC#N)c(=O)[nH]c12. The number of aryl methyl sites for hydroxylation is 1. The number of benzene rings is 1. The van der Waals surface area contributed by atoms with E-state index in [0.717, 1.165) is 0 Å². The fourth-order valence-electron chi connectivity index (χ4n) is 2.50. The van der Waals surface area contributed by atoms with Gasteiger partial charge in [0.25, 0.3) is 11.2 Å². The summed E-state index contributed by atoms with van der Waals surface area (Å²) in [6.45, 7) is 1.49. The molecule has 0 spiro atoms. The van der Waals surface area contributed by atoms with Gasteiger partial charge in [0.2, 0.25) is 5.82 Å². The second-order valence-corrected chi connectivity index (χ2v) is 5.11. The van der Waals surface area contributed by atoms with Crippen LogP contribution in [0.15, 0.2) is 40.2 Å². The van der Waals surface area contributed by atoms with Crippen LogP contribution in [0.25, 0.3) is 16.7 Å². The zero-order valence-corrected chi connectivity index (χ0v) is 12.8. The van der Waals surface area contributed by atoms with Crippen molar-refractivity contribution in [3.05, 3.63) is 66.8 Å². The Kier molecular flexibility index (Phi) is 3.74. The summed E-state index contributed by atoms with van der Waals surface area (Å²) in [6, 6.07) is 3.95. The molecule has 0 radical (unpaired) electrons. The molecular weight excluding hydrogens is 328 g/mol. The van der Waals surface area contributed by atoms with Gasteiger partial charge in [-0.25, -0.2) is 4.98 Å². The number of fused-ring (bicyclic) bond motifs is 1. The molecule has 0 aliphatic rings. The van der Waals surface area contributed by atoms with Gasteiger partial charge in [0.15, 0.2) is 11.6 Å². The molecule has 3 rings (SSSR count). The van der Waals surface area contributed by atoms with E-state index in [-0.39, 0.29) is 39.2 Å². The lowest BCUT2D eigenvalue weighted by Crippen LogP contribution is -2.15. The highest BCUT2D eigenvalue weighted by atomic mass is 16.6. The highest BCUT2D eigenvalue weighted by Crippen LogP contribution is 2.31. The van der Waals surface area contributed by atoms with Crippen LogP contribution in [0.5, 0.6) is 0 Å². The maximum atomic E-state index is 11.9. The Labute approximate surface area is 139 Å². The predicted octanol–water partition coefficient (Wildman–Crippen LogP) is 1.18. The third-order valence-electron chi connectivity index (χ3n) is 3.62. The minimum absolute atomic E-state index is 0.178. The van der Waals surface area contributed by atoms with E-state index >= 15 is 0 Å². The van der Waals surface area contributed by atoms with Crippen LogP contribution >= 0.6 is 0 Å². The van der Waals surface area contributed by atoms with E-state index < -0.39 is 10.5 Å². The maximum Gasteiger partial charge on any atom is 0.298 e. The van der Waals surface area contributed by atoms with Gasteiger partial charge in [0.1, 0.15) is 5.69 Å². The molecule has 124 valence electrons. The van der Waals surface area contributed by atoms with Crippen molar-refractivity contribution in [2.24, 2.45) is 0 Å². The van der Waals surface area contributed by atoms with Crippen molar-refractivity contribution >= 4 is 22.5 Å². The number of nitro groups is 1. The van der Waals surface area contributed by atoms with Gasteiger partial charge in [-0.05, 0) is 13.0 Å². The number of aromatic nitrogens is 3. The summed E-state index contributed by atoms with van der Waals surface area (Å²) < 4.78 is 1.41. The smallest absolute Gasteiger partial charge is 0.298 e. The second-order valence-electron chi connectivity index (χ2n) is 5.11. The molecule has 3 aromatic rings. The Balaban J connectivity index is 2.41. The quantitative estimate of drug-likeness (QED) is 0.315. The van der Waals surface area contributed by atoms with Crippen molar-refractivity contribution in [2.45, 2.75) is 6.92 Å². The molecule has 10 nitrogen and oxygen atoms in total. The standard InChI is InChI=1S/C15H10N6O4/c1-8-12-10(18-14(17-7-16)15(23)19-12)6-11(13(8)21(24)25)20-4-2-9(22)3-5-20/h2-6H,1H3,(H,17,18)(H,19,23). The molecular formula is C15H10N6O4. The van der Waals surface area contributed by atoms with Gasteiger partial charge < -0.3 is 9.55 Å². The van der Waals surface area contributed by atoms with E-state index in [4.69, 9.17) is 5.26 Å². The Morgan fingerprint density at radius 2 is 2.04 bits per heavy atom. The molecule has 2 aromatic heterocycles. The van der Waals surface area contributed by atoms with Gasteiger partial charge in [0, 0.05) is 24.5 Å². The second kappa shape index (κ2) is 5.89. The number of nitro benzene ring substituents is 1. The van der Waals surface area contributed by atoms with Crippen molar-refractivity contribution in [3.8, 4) is 11.9 Å². The molecule has 0 fully saturated rings. The third-order valence-corrected chi connectivity index (χ3v) is 3.62. The number of hydrogen-bond donors (Lipinski definition) is 2. The lowest BCUT2D eigenvalue weighted by atomic mass is 10.1. The van der Waals surface area contributed by atoms with Gasteiger partial charge in [0.05, 0.1) is 21.5 Å². The van der Waals surface area contributed by atoms with E-state index in [1.807, 2.05) is 0 Å². The fourth-order valence-corrected chi connectivity index (χ4v) is 2.50. The number of hydrogen-bond acceptors (Lipinski definition) is 7. The van der Waals surface area contributed by atoms with Crippen molar-refractivity contribution in [1.82, 2.24) is 14.5 Å². The Bertz CT molecular complexity index is 1150. The van der Waals surface area contributed by atoms with E-state index in [9.17, 15) is 19.7 Å². The molecule has 0 saturated heterocycles. The lowest BCUT2D eigenvalue weighted by Gasteiger charge is -2.11. The number of nitriles is 1. The zero-order chi connectivity index (χ0) is 18.1. The van der Waals surface area contributed by atoms with Crippen LogP contribution < -0.4 is 16.3 Å². The highest BCUT2D eigenvalue weighted by molar-refractivity contribution is 5.87. The Morgan fingerprint density at radius 3 is 2.64 bits per heavy atom. The number of aromatic amines is 1. The summed E-state index contributed by atoms with van der Waals surface area (Å²) in [5, 5.41) is 22.4. The molecule has 0 atom stereocenters. The summed E-state index contributed by atoms with van der Waals surface area (Å²) in [5.74, 6) is -0.214. The number of nitrogens with one attached hydrogen (secondary N) is 2. The molecule has 0 unspecified atom stereocenters. The fraction of sp³-hybridized carbons (Fsp3) is 0.0667. The van der Waals surface area contributed by atoms with Crippen LogP contribution in [0.1, 0.15) is 5.56 Å². The van der Waals surface area contributed by atoms with E-state index in [2.05, 4.69) is 15.3 Å². The van der Waals surface area contributed by atoms with Crippen LogP contribution in [-0.2, 0) is 0 Å². The largest absolute Gasteiger partial charge is 0.318 e. The van der Waals surface area contributed by atoms with E-state index in [0.29, 0.717) is 0 Å². The van der Waals surface area contributed by atoms with Gasteiger partial charge >= 0.3 is 0 Å². The average molecular weight is 338 g/mol. The number of rotatable bonds is 3. The van der Waals surface area contributed by atoms with E-state index in [1.165, 1.54) is 42.1 Å². The molecule has 2 N–H and O–H groups in total. The van der Waals surface area contributed by atoms with Gasteiger partial charge in [-0.3, -0.25) is 25.0 Å². The van der Waals surface area contributed by atoms with Crippen LogP contribution in [0.4, 0.5) is 11.5 Å². The number of H-pyrrole nitrogens is 1. The molecule has 2 heterocycles. The lowest BCUT2D eigenvalue weighted by molar-refractivity contribution is -0.385. The Hall–Kier alpha value is -4.00. The minimum atomic E-state index is -0.664. The van der Waals surface area contributed by atoms with Gasteiger partial charge in [-0.15, -0.1) is 0 Å². The van der Waals surface area contributed by atoms with Crippen LogP contribution in [0, 0.1) is 28.5 Å². The van der Waals surface area contributed by atoms with Crippen LogP contribution in [0.3, 0.4) is 0 Å². The summed E-state index contributed by atoms with van der Waals surface area (Å²) in [5.41, 5.74) is -0.280. The molecule has 10 heteroatoms. The number of anilines is 1. The first-order chi connectivity index (χ1) is 11.9. The van der Waals surface area contributed by atoms with Crippen molar-refractivity contribution < 1.29 is 4.92 Å². The molecule has 0 saturated carbocycles. The molecule has 1 aromatic carbocycles. The van der Waals surface area contributed by atoms with Crippen molar-refractivity contribution in [3.63, 3.8) is 0 Å². The average Bonchev–Trinajstić information content (AvgIpc) is 2.57. The van der Waals surface area contributed by atoms with Crippen LogP contribution in [-0.4, -0.2) is 19.5 Å². The normalized spacial score (nSPS) is 10.4. The summed E-state index contributed by atoms with van der Waals surface area (Å²) in [4.78, 5) is 40.7. The molecule has 0 aliphatic carbocycles. The van der Waals surface area contributed by atoms with Gasteiger partial charge in [-0.2, -0.15) is 5.26 Å². The van der Waals surface area contributed by atoms with Crippen LogP contribution in [0.2, 0.25) is 0 Å². The first-order valence-electron chi connectivity index (χ1n) is 6.98. The third kappa shape index (κ3) is 2.70. The molecule has 25 heavy (non-hydrogen) atoms. The minimum Gasteiger partial charge on any atom is -0.318 e. The maximum absolute atomic E-state index is 11.9. The Morgan fingerprint density at radius 1 is 1.36 bits per heavy atom. The predicted molar refractivity (Wildman–Crippen MR) is 88.6 cm³/mol.